The van der Waals surface area contributed by atoms with Crippen molar-refractivity contribution in [3.63, 3.8) is 0 Å². The van der Waals surface area contributed by atoms with Gasteiger partial charge in [-0.3, -0.25) is 0 Å². The quantitative estimate of drug-likeness (QED) is 0.455. The van der Waals surface area contributed by atoms with Crippen molar-refractivity contribution in [2.45, 2.75) is 6.18 Å². The van der Waals surface area contributed by atoms with E-state index in [0.717, 1.165) is 12.1 Å². The van der Waals surface area contributed by atoms with Gasteiger partial charge in [-0.2, -0.15) is 13.2 Å². The number of nitrogens with two attached hydrogens (primary N) is 1. The van der Waals surface area contributed by atoms with Crippen LogP contribution in [-0.2, 0) is 6.18 Å². The summed E-state index contributed by atoms with van der Waals surface area (Å²) in [5.74, 6) is 5.81. The van der Waals surface area contributed by atoms with Crippen LogP contribution in [0.2, 0.25) is 0 Å². The smallest absolute Gasteiger partial charge is 0.345 e. The maximum atomic E-state index is 12.7. The lowest BCUT2D eigenvalue weighted by Gasteiger charge is -2.35. The molecule has 0 aromatic heterocycles. The van der Waals surface area contributed by atoms with Crippen molar-refractivity contribution in [3.8, 4) is 11.4 Å². The van der Waals surface area contributed by atoms with E-state index in [1.54, 1.807) is 0 Å². The minimum atomic E-state index is -4.38. The normalized spacial score (nSPS) is 15.7. The Bertz CT molecular complexity index is 680. The van der Waals surface area contributed by atoms with Gasteiger partial charge in [-0.15, -0.1) is 0 Å². The Hall–Kier alpha value is -2.20. The predicted octanol–water partition coefficient (Wildman–Crippen LogP) is 1.47. The average Bonchev–Trinajstić information content (AvgIpc) is 2.85. The van der Waals surface area contributed by atoms with Crippen LogP contribution in [0, 0.1) is 0 Å². The number of piperazine rings is 1. The molecule has 10 heteroatoms. The lowest BCUT2D eigenvalue weighted by molar-refractivity contribution is -0.137. The molecule has 128 valence electrons. The van der Waals surface area contributed by atoms with E-state index in [1.807, 2.05) is 9.80 Å². The first kappa shape index (κ1) is 16.7. The van der Waals surface area contributed by atoms with Gasteiger partial charge in [-0.05, 0) is 36.5 Å². The Balaban J connectivity index is 1.78. The van der Waals surface area contributed by atoms with Gasteiger partial charge in [0.25, 0.3) is 0 Å². The maximum absolute atomic E-state index is 12.7. The number of hydrogen-bond acceptors (Lipinski definition) is 5. The van der Waals surface area contributed by atoms with Gasteiger partial charge >= 0.3 is 6.18 Å². The van der Waals surface area contributed by atoms with Crippen LogP contribution in [0.15, 0.2) is 24.3 Å². The third-order valence-electron chi connectivity index (χ3n) is 3.85. The maximum Gasteiger partial charge on any atom is 0.416 e. The molecular weight excluding hydrogens is 341 g/mol. The number of anilines is 1. The lowest BCUT2D eigenvalue weighted by atomic mass is 10.3. The summed E-state index contributed by atoms with van der Waals surface area (Å²) < 4.78 is 38.2. The summed E-state index contributed by atoms with van der Waals surface area (Å²) in [4.78, 5) is 12.6. The topological polar surface area (TPSA) is 70.3 Å². The van der Waals surface area contributed by atoms with E-state index in [-0.39, 0.29) is 0 Å². The Morgan fingerprint density at radius 2 is 1.58 bits per heavy atom. The molecule has 0 saturated carbocycles. The first-order valence-corrected chi connectivity index (χ1v) is 7.65. The van der Waals surface area contributed by atoms with Crippen LogP contribution in [0.25, 0.3) is 11.4 Å². The first-order chi connectivity index (χ1) is 11.4. The van der Waals surface area contributed by atoms with Gasteiger partial charge in [0.2, 0.25) is 5.95 Å². The molecule has 3 rings (SSSR count). The van der Waals surface area contributed by atoms with E-state index in [4.69, 9.17) is 18.1 Å². The molecule has 0 aromatic rings. The van der Waals surface area contributed by atoms with E-state index < -0.39 is 11.7 Å². The zero-order valence-corrected chi connectivity index (χ0v) is 13.4. The van der Waals surface area contributed by atoms with Crippen molar-refractivity contribution in [1.29, 1.82) is 0 Å². The van der Waals surface area contributed by atoms with Gasteiger partial charge in [0, 0.05) is 26.2 Å². The number of hydrogen-bond donors (Lipinski definition) is 2. The standard InChI is InChI=1S/C14H15F3N6S/c15-14(16,17)9-1-3-10-11(4-2-9)20-12(19-10)22-5-7-23(8-6-22)13(24)21-18/h1-4H,5-8,18H2,(H,21,24). The highest BCUT2D eigenvalue weighted by Crippen LogP contribution is 2.31. The van der Waals surface area contributed by atoms with Gasteiger partial charge in [-0.25, -0.2) is 15.8 Å². The molecule has 3 aliphatic rings. The van der Waals surface area contributed by atoms with Crippen molar-refractivity contribution in [2.75, 3.05) is 31.1 Å². The van der Waals surface area contributed by atoms with Crippen LogP contribution in [-0.4, -0.2) is 46.2 Å². The fourth-order valence-corrected chi connectivity index (χ4v) is 2.71. The Morgan fingerprint density at radius 3 is 2.04 bits per heavy atom. The third-order valence-corrected chi connectivity index (χ3v) is 4.22. The second-order valence-electron chi connectivity index (χ2n) is 5.34. The molecular formula is C14H15F3N6S. The predicted molar refractivity (Wildman–Crippen MR) is 87.4 cm³/mol. The van der Waals surface area contributed by atoms with Gasteiger partial charge in [0.1, 0.15) is 0 Å². The molecule has 1 fully saturated rings. The third kappa shape index (κ3) is 3.34. The van der Waals surface area contributed by atoms with E-state index in [9.17, 15) is 13.2 Å². The number of nitrogens with zero attached hydrogens (tertiary/aromatic N) is 4. The minimum absolute atomic E-state index is 0.432. The fourth-order valence-electron chi connectivity index (χ4n) is 2.52. The number of alkyl halides is 3. The highest BCUT2D eigenvalue weighted by atomic mass is 32.1. The SMILES string of the molecule is NNC(=S)N1CCN(c2nc3ccc(C(F)(F)F)ccc-3n2)CC1. The van der Waals surface area contributed by atoms with Crippen molar-refractivity contribution >= 4 is 23.3 Å². The number of imidazole rings is 1. The molecule has 1 saturated heterocycles. The van der Waals surface area contributed by atoms with Gasteiger partial charge in [-0.1, -0.05) is 0 Å². The number of aromatic nitrogens is 2. The van der Waals surface area contributed by atoms with Crippen molar-refractivity contribution < 1.29 is 13.2 Å². The summed E-state index contributed by atoms with van der Waals surface area (Å²) in [6.45, 7) is 2.63. The minimum Gasteiger partial charge on any atom is -0.345 e. The molecule has 2 heterocycles. The summed E-state index contributed by atoms with van der Waals surface area (Å²) in [7, 11) is 0. The molecule has 0 unspecified atom stereocenters. The number of rotatable bonds is 1. The molecule has 0 radical (unpaired) electrons. The summed E-state index contributed by atoms with van der Waals surface area (Å²) >= 11 is 5.08. The van der Waals surface area contributed by atoms with Crippen molar-refractivity contribution in [2.24, 2.45) is 5.84 Å². The van der Waals surface area contributed by atoms with Crippen molar-refractivity contribution in [3.05, 3.63) is 29.8 Å². The molecule has 2 aliphatic heterocycles. The number of halogens is 3. The zero-order chi connectivity index (χ0) is 17.3. The summed E-state index contributed by atoms with van der Waals surface area (Å²) in [5, 5.41) is 0.481. The molecule has 0 atom stereocenters. The van der Waals surface area contributed by atoms with Crippen LogP contribution in [0.5, 0.6) is 0 Å². The first-order valence-electron chi connectivity index (χ1n) is 7.24. The fraction of sp³-hybridized carbons (Fsp3) is 0.357. The second kappa shape index (κ2) is 6.36. The Labute approximate surface area is 141 Å². The highest BCUT2D eigenvalue weighted by molar-refractivity contribution is 7.80. The van der Waals surface area contributed by atoms with Crippen molar-refractivity contribution in [1.82, 2.24) is 20.3 Å². The van der Waals surface area contributed by atoms with Crippen LogP contribution in [0.4, 0.5) is 19.1 Å². The average molecular weight is 356 g/mol. The Morgan fingerprint density at radius 1 is 1.04 bits per heavy atom. The van der Waals surface area contributed by atoms with E-state index in [0.29, 0.717) is 48.6 Å². The van der Waals surface area contributed by atoms with E-state index >= 15 is 0 Å². The molecule has 0 amide bonds. The van der Waals surface area contributed by atoms with Crippen LogP contribution >= 0.6 is 12.2 Å². The number of hydrazine groups is 1. The van der Waals surface area contributed by atoms with Crippen LogP contribution in [0.3, 0.4) is 0 Å². The molecule has 0 bridgehead atoms. The molecule has 3 N–H and O–H groups in total. The highest BCUT2D eigenvalue weighted by Gasteiger charge is 2.30. The largest absolute Gasteiger partial charge is 0.416 e. The molecule has 0 aromatic carbocycles. The van der Waals surface area contributed by atoms with E-state index in [2.05, 4.69) is 15.4 Å². The zero-order valence-electron chi connectivity index (χ0n) is 12.5. The summed E-state index contributed by atoms with van der Waals surface area (Å²) in [5.41, 5.74) is 2.59. The van der Waals surface area contributed by atoms with Gasteiger partial charge < -0.3 is 15.2 Å². The molecule has 1 aliphatic carbocycles. The number of nitrogens with one attached hydrogen (secondary N) is 1. The van der Waals surface area contributed by atoms with Gasteiger partial charge in [0.15, 0.2) is 5.11 Å². The summed E-state index contributed by atoms with van der Waals surface area (Å²) in [6.07, 6.45) is -4.38. The molecule has 6 nitrogen and oxygen atoms in total. The Kier molecular flexibility index (Phi) is 4.41. The van der Waals surface area contributed by atoms with E-state index in [1.165, 1.54) is 12.1 Å². The second-order valence-corrected chi connectivity index (χ2v) is 5.72. The van der Waals surface area contributed by atoms with Crippen LogP contribution in [0.1, 0.15) is 5.56 Å². The monoisotopic (exact) mass is 356 g/mol. The van der Waals surface area contributed by atoms with Gasteiger partial charge in [0.05, 0.1) is 17.0 Å². The molecule has 0 spiro atoms. The number of thiocarbonyl (C=S) groups is 1. The lowest BCUT2D eigenvalue weighted by Crippen LogP contribution is -2.53. The summed E-state index contributed by atoms with van der Waals surface area (Å²) in [6, 6.07) is 4.73. The molecule has 24 heavy (non-hydrogen) atoms. The number of fused-ring (bicyclic) bond motifs is 1. The van der Waals surface area contributed by atoms with Crippen LogP contribution < -0.4 is 16.2 Å².